The van der Waals surface area contributed by atoms with Gasteiger partial charge < -0.3 is 14.8 Å². The second-order valence-corrected chi connectivity index (χ2v) is 8.02. The van der Waals surface area contributed by atoms with E-state index in [9.17, 15) is 22.4 Å². The van der Waals surface area contributed by atoms with Crippen LogP contribution in [0.1, 0.15) is 18.4 Å². The highest BCUT2D eigenvalue weighted by atomic mass is 19.3. The van der Waals surface area contributed by atoms with Crippen molar-refractivity contribution >= 4 is 17.1 Å². The van der Waals surface area contributed by atoms with Crippen LogP contribution < -0.4 is 20.5 Å². The van der Waals surface area contributed by atoms with Crippen molar-refractivity contribution in [3.8, 4) is 17.2 Å². The molecule has 4 aromatic rings. The molecule has 174 valence electrons. The summed E-state index contributed by atoms with van der Waals surface area (Å²) in [6.07, 6.45) is -0.535. The lowest BCUT2D eigenvalue weighted by Gasteiger charge is -2.06. The lowest BCUT2D eigenvalue weighted by molar-refractivity contribution is -0.286. The first-order chi connectivity index (χ1) is 16.3. The van der Waals surface area contributed by atoms with Crippen LogP contribution in [0.25, 0.3) is 16.9 Å². The van der Waals surface area contributed by atoms with Crippen molar-refractivity contribution in [2.24, 2.45) is 0 Å². The molecule has 1 aliphatic heterocycles. The predicted molar refractivity (Wildman–Crippen MR) is 111 cm³/mol. The minimum Gasteiger partial charge on any atom is -0.395 e. The van der Waals surface area contributed by atoms with E-state index in [2.05, 4.69) is 24.8 Å². The van der Waals surface area contributed by atoms with E-state index in [4.69, 9.17) is 0 Å². The van der Waals surface area contributed by atoms with E-state index in [0.29, 0.717) is 0 Å². The first-order valence-corrected chi connectivity index (χ1v) is 10.4. The molecule has 34 heavy (non-hydrogen) atoms. The van der Waals surface area contributed by atoms with Gasteiger partial charge in [0, 0.05) is 17.7 Å². The largest absolute Gasteiger partial charge is 0.586 e. The van der Waals surface area contributed by atoms with Gasteiger partial charge in [0.1, 0.15) is 17.2 Å². The third-order valence-electron chi connectivity index (χ3n) is 5.61. The van der Waals surface area contributed by atoms with Crippen molar-refractivity contribution in [2.45, 2.75) is 31.7 Å². The maximum atomic E-state index is 14.3. The predicted octanol–water partition coefficient (Wildman–Crippen LogP) is 3.80. The molecular formula is C22H15F4N5O3. The number of halogens is 4. The molecule has 0 radical (unpaired) electrons. The first kappa shape index (κ1) is 20.5. The Kier molecular flexibility index (Phi) is 4.35. The molecule has 2 aromatic carbocycles. The number of alkyl halides is 2. The molecule has 1 saturated carbocycles. The summed E-state index contributed by atoms with van der Waals surface area (Å²) >= 11 is 0. The highest BCUT2D eigenvalue weighted by Crippen LogP contribution is 2.42. The van der Waals surface area contributed by atoms with E-state index in [1.54, 1.807) is 0 Å². The molecule has 3 heterocycles. The first-order valence-electron chi connectivity index (χ1n) is 10.4. The van der Waals surface area contributed by atoms with Crippen LogP contribution in [0.5, 0.6) is 11.5 Å². The Morgan fingerprint density at radius 2 is 1.82 bits per heavy atom. The summed E-state index contributed by atoms with van der Waals surface area (Å²) in [5.74, 6) is -1.81. The molecular weight excluding hydrogens is 458 g/mol. The summed E-state index contributed by atoms with van der Waals surface area (Å²) in [5.41, 5.74) is -0.517. The van der Waals surface area contributed by atoms with Gasteiger partial charge in [-0.2, -0.15) is 4.98 Å². The van der Waals surface area contributed by atoms with Crippen LogP contribution in [0.2, 0.25) is 0 Å². The number of nitrogens with one attached hydrogen (secondary N) is 1. The Morgan fingerprint density at radius 3 is 2.56 bits per heavy atom. The second-order valence-electron chi connectivity index (χ2n) is 8.02. The molecule has 1 aliphatic carbocycles. The zero-order valence-corrected chi connectivity index (χ0v) is 17.3. The lowest BCUT2D eigenvalue weighted by Crippen LogP contribution is -2.26. The molecule has 12 heteroatoms. The van der Waals surface area contributed by atoms with Crippen LogP contribution in [0.3, 0.4) is 0 Å². The van der Waals surface area contributed by atoms with E-state index < -0.39 is 30.2 Å². The zero-order valence-electron chi connectivity index (χ0n) is 17.3. The Hall–Kier alpha value is -4.09. The fraction of sp³-hybridized carbons (Fsp3) is 0.227. The normalized spacial score (nSPS) is 16.2. The summed E-state index contributed by atoms with van der Waals surface area (Å²) in [7, 11) is 0. The molecule has 0 bridgehead atoms. The minimum atomic E-state index is -3.83. The number of benzene rings is 2. The minimum absolute atomic E-state index is 0.130. The molecule has 0 atom stereocenters. The van der Waals surface area contributed by atoms with Gasteiger partial charge in [0.2, 0.25) is 5.95 Å². The number of hydrogen-bond donors (Lipinski definition) is 1. The average Bonchev–Trinajstić information content (AvgIpc) is 3.47. The number of nitrogens with zero attached hydrogens (tertiary/aromatic N) is 4. The van der Waals surface area contributed by atoms with Crippen LogP contribution in [-0.2, 0) is 6.54 Å². The maximum Gasteiger partial charge on any atom is 0.586 e. The van der Waals surface area contributed by atoms with E-state index in [0.717, 1.165) is 34.1 Å². The number of imidazole rings is 1. The van der Waals surface area contributed by atoms with Crippen LogP contribution in [0.15, 0.2) is 47.4 Å². The van der Waals surface area contributed by atoms with Crippen molar-refractivity contribution in [2.75, 3.05) is 5.32 Å². The molecule has 0 saturated heterocycles. The van der Waals surface area contributed by atoms with Crippen molar-refractivity contribution in [3.63, 3.8) is 0 Å². The maximum absolute atomic E-state index is 14.3. The molecule has 0 amide bonds. The van der Waals surface area contributed by atoms with Gasteiger partial charge in [0.05, 0.1) is 18.4 Å². The van der Waals surface area contributed by atoms with Gasteiger partial charge >= 0.3 is 12.0 Å². The molecule has 1 fully saturated rings. The third kappa shape index (κ3) is 3.42. The van der Waals surface area contributed by atoms with Crippen molar-refractivity contribution in [3.05, 3.63) is 70.3 Å². The van der Waals surface area contributed by atoms with Gasteiger partial charge in [-0.1, -0.05) is 6.07 Å². The Labute approximate surface area is 188 Å². The highest BCUT2D eigenvalue weighted by Gasteiger charge is 2.43. The standard InChI is InChI=1S/C22H15F4N5O3/c23-14-2-1-3-15(24)13(14)10-30-16-9-27-20(28-11-4-5-11)29-19(16)31(21(30)32)12-6-7-17-18(8-12)34-22(25,26)33-17/h1-3,6-9,11H,4-5,10H2,(H,27,28,29). The molecule has 8 nitrogen and oxygen atoms in total. The Morgan fingerprint density at radius 1 is 1.09 bits per heavy atom. The molecule has 2 aliphatic rings. The van der Waals surface area contributed by atoms with Crippen molar-refractivity contribution < 1.29 is 27.0 Å². The molecule has 0 spiro atoms. The van der Waals surface area contributed by atoms with Gasteiger partial charge in [-0.05, 0) is 37.1 Å². The van der Waals surface area contributed by atoms with Crippen molar-refractivity contribution in [1.82, 2.24) is 19.1 Å². The number of ether oxygens (including phenoxy) is 2. The molecule has 1 N–H and O–H groups in total. The van der Waals surface area contributed by atoms with Gasteiger partial charge in [-0.3, -0.25) is 4.57 Å². The lowest BCUT2D eigenvalue weighted by atomic mass is 10.2. The second kappa shape index (κ2) is 7.20. The third-order valence-corrected chi connectivity index (χ3v) is 5.61. The van der Waals surface area contributed by atoms with Crippen LogP contribution in [0, 0.1) is 11.6 Å². The number of aromatic nitrogens is 4. The van der Waals surface area contributed by atoms with E-state index in [1.165, 1.54) is 30.5 Å². The van der Waals surface area contributed by atoms with E-state index in [-0.39, 0.29) is 45.9 Å². The van der Waals surface area contributed by atoms with Crippen LogP contribution in [-0.4, -0.2) is 31.4 Å². The van der Waals surface area contributed by atoms with Gasteiger partial charge in [-0.15, -0.1) is 8.78 Å². The fourth-order valence-corrected chi connectivity index (χ4v) is 3.82. The summed E-state index contributed by atoms with van der Waals surface area (Å²) in [6, 6.07) is 7.46. The number of rotatable bonds is 5. The average molecular weight is 473 g/mol. The SMILES string of the molecule is O=c1n(Cc2c(F)cccc2F)c2cnc(NC3CC3)nc2n1-c1ccc2c(c1)OC(F)(F)O2. The highest BCUT2D eigenvalue weighted by molar-refractivity contribution is 5.75. The quantitative estimate of drug-likeness (QED) is 0.444. The van der Waals surface area contributed by atoms with Gasteiger partial charge in [0.15, 0.2) is 17.1 Å². The van der Waals surface area contributed by atoms with Gasteiger partial charge in [0.25, 0.3) is 0 Å². The summed E-state index contributed by atoms with van der Waals surface area (Å²) in [4.78, 5) is 22.1. The van der Waals surface area contributed by atoms with Crippen molar-refractivity contribution in [1.29, 1.82) is 0 Å². The van der Waals surface area contributed by atoms with Gasteiger partial charge in [-0.25, -0.2) is 23.1 Å². The Bertz CT molecular complexity index is 1490. The zero-order chi connectivity index (χ0) is 23.6. The number of anilines is 1. The topological polar surface area (TPSA) is 83.2 Å². The molecule has 0 unspecified atom stereocenters. The number of fused-ring (bicyclic) bond motifs is 2. The van der Waals surface area contributed by atoms with E-state index in [1.807, 2.05) is 0 Å². The summed E-state index contributed by atoms with van der Waals surface area (Å²) < 4.78 is 66.8. The monoisotopic (exact) mass is 473 g/mol. The number of hydrogen-bond acceptors (Lipinski definition) is 6. The van der Waals surface area contributed by atoms with Crippen LogP contribution >= 0.6 is 0 Å². The fourth-order valence-electron chi connectivity index (χ4n) is 3.82. The smallest absolute Gasteiger partial charge is 0.395 e. The van der Waals surface area contributed by atoms with Crippen LogP contribution in [0.4, 0.5) is 23.5 Å². The molecule has 6 rings (SSSR count). The van der Waals surface area contributed by atoms with E-state index >= 15 is 0 Å². The summed E-state index contributed by atoms with van der Waals surface area (Å²) in [6.45, 7) is -0.428. The summed E-state index contributed by atoms with van der Waals surface area (Å²) in [5, 5.41) is 3.13. The Balaban J connectivity index is 1.53. The molecule has 2 aromatic heterocycles.